The quantitative estimate of drug-likeness (QED) is 0.0865. The van der Waals surface area contributed by atoms with Crippen LogP contribution in [0, 0.1) is 0 Å². The second-order valence-electron chi connectivity index (χ2n) is 17.4. The number of carbonyl (C=O) groups is 4. The number of rotatable bonds is 8. The number of carbonyl (C=O) groups excluding carboxylic acids is 4. The van der Waals surface area contributed by atoms with Crippen LogP contribution in [-0.4, -0.2) is 40.9 Å². The standard InChI is InChI=1S/C49H22F24N2O4/c1-74(16-19-2-24(42(50,51)52)11-25(3-19)43(53,54)55)40(78)37-33(22-8-30(48(68,69)70)14-31(9-22)49(71,72)73)15-34-36-35(37)23(18-76)10-32(21-6-28(46(62,63)64)13-29(7-21)47(65,66)67)38(36)41(79)75(39(34)77)17-20-4-26(44(56,57)58)12-27(5-20)45(59,60)61/h2-15,18H,16-17H2,1H3. The molecule has 30 heteroatoms. The van der Waals surface area contributed by atoms with E-state index in [4.69, 9.17) is 0 Å². The summed E-state index contributed by atoms with van der Waals surface area (Å²) in [6.45, 7) is -3.26. The van der Waals surface area contributed by atoms with Gasteiger partial charge >= 0.3 is 49.4 Å². The number of imide groups is 1. The van der Waals surface area contributed by atoms with Gasteiger partial charge in [-0.05, 0) is 118 Å². The van der Waals surface area contributed by atoms with Crippen LogP contribution in [0.4, 0.5) is 105 Å². The average molecular weight is 1160 g/mol. The maximum absolute atomic E-state index is 14.9. The third-order valence-electron chi connectivity index (χ3n) is 11.9. The first-order chi connectivity index (χ1) is 35.8. The molecule has 7 rings (SSSR count). The Kier molecular flexibility index (Phi) is 14.3. The maximum atomic E-state index is 14.9. The fourth-order valence-electron chi connectivity index (χ4n) is 8.50. The summed E-state index contributed by atoms with van der Waals surface area (Å²) in [6, 6.07) is -2.11. The van der Waals surface area contributed by atoms with Gasteiger partial charge in [0.2, 0.25) is 0 Å². The Hall–Kier alpha value is -7.82. The zero-order valence-corrected chi connectivity index (χ0v) is 38.2. The molecule has 79 heavy (non-hydrogen) atoms. The van der Waals surface area contributed by atoms with Crippen LogP contribution in [-0.2, 0) is 62.5 Å². The summed E-state index contributed by atoms with van der Waals surface area (Å²) in [4.78, 5) is 57.6. The van der Waals surface area contributed by atoms with Crippen LogP contribution < -0.4 is 0 Å². The zero-order valence-electron chi connectivity index (χ0n) is 38.2. The molecule has 0 unspecified atom stereocenters. The minimum Gasteiger partial charge on any atom is -0.337 e. The van der Waals surface area contributed by atoms with Gasteiger partial charge in [0.1, 0.15) is 0 Å². The van der Waals surface area contributed by atoms with Gasteiger partial charge in [-0.25, -0.2) is 0 Å². The van der Waals surface area contributed by atoms with Crippen LogP contribution in [0.1, 0.15) is 97.1 Å². The first kappa shape index (κ1) is 58.9. The van der Waals surface area contributed by atoms with Gasteiger partial charge in [-0.1, -0.05) is 0 Å². The lowest BCUT2D eigenvalue weighted by atomic mass is 9.80. The van der Waals surface area contributed by atoms with Crippen LogP contribution in [0.3, 0.4) is 0 Å². The smallest absolute Gasteiger partial charge is 0.337 e. The molecule has 6 aromatic rings. The van der Waals surface area contributed by atoms with E-state index in [1.54, 1.807) is 0 Å². The molecule has 1 aliphatic heterocycles. The van der Waals surface area contributed by atoms with Crippen molar-refractivity contribution in [3.8, 4) is 22.3 Å². The van der Waals surface area contributed by atoms with Crippen molar-refractivity contribution >= 4 is 34.8 Å². The number of aldehydes is 1. The maximum Gasteiger partial charge on any atom is 0.416 e. The van der Waals surface area contributed by atoms with E-state index in [-0.39, 0.29) is 76.5 Å². The van der Waals surface area contributed by atoms with Crippen LogP contribution in [0.2, 0.25) is 0 Å². The van der Waals surface area contributed by atoms with Crippen molar-refractivity contribution in [1.29, 1.82) is 0 Å². The fraction of sp³-hybridized carbons (Fsp3) is 0.224. The third kappa shape index (κ3) is 11.8. The summed E-state index contributed by atoms with van der Waals surface area (Å²) in [7, 11) is 0.526. The number of hydrogen-bond acceptors (Lipinski definition) is 4. The Morgan fingerprint density at radius 1 is 0.418 bits per heavy atom. The lowest BCUT2D eigenvalue weighted by molar-refractivity contribution is -0.144. The summed E-state index contributed by atoms with van der Waals surface area (Å²) in [5.74, 6) is -6.11. The number of nitrogens with zero attached hydrogens (tertiary/aromatic N) is 2. The lowest BCUT2D eigenvalue weighted by Crippen LogP contribution is -2.40. The zero-order chi connectivity index (χ0) is 59.5. The van der Waals surface area contributed by atoms with Gasteiger partial charge in [0, 0.05) is 35.5 Å². The van der Waals surface area contributed by atoms with Crippen LogP contribution in [0.25, 0.3) is 33.0 Å². The van der Waals surface area contributed by atoms with E-state index in [9.17, 15) is 125 Å². The molecule has 0 saturated heterocycles. The van der Waals surface area contributed by atoms with Gasteiger partial charge < -0.3 is 4.90 Å². The molecule has 420 valence electrons. The predicted molar refractivity (Wildman–Crippen MR) is 223 cm³/mol. The minimum atomic E-state index is -5.79. The molecule has 1 aliphatic rings. The molecule has 0 bridgehead atoms. The lowest BCUT2D eigenvalue weighted by Gasteiger charge is -2.32. The van der Waals surface area contributed by atoms with Crippen molar-refractivity contribution in [2.45, 2.75) is 62.5 Å². The van der Waals surface area contributed by atoms with E-state index >= 15 is 0 Å². The number of hydrogen-bond donors (Lipinski definition) is 0. The summed E-state index contributed by atoms with van der Waals surface area (Å²) in [5.41, 5.74) is -30.8. The van der Waals surface area contributed by atoms with E-state index in [0.717, 1.165) is 0 Å². The molecule has 0 spiro atoms. The Labute approximate surface area is 423 Å². The fourth-order valence-corrected chi connectivity index (χ4v) is 8.50. The summed E-state index contributed by atoms with van der Waals surface area (Å²) in [5, 5.41) is -2.69. The highest BCUT2D eigenvalue weighted by Crippen LogP contribution is 2.49. The number of halogens is 24. The molecular weight excluding hydrogens is 1140 g/mol. The van der Waals surface area contributed by atoms with Gasteiger partial charge in [-0.2, -0.15) is 105 Å². The molecular formula is C49H22F24N2O4. The highest BCUT2D eigenvalue weighted by Gasteiger charge is 2.45. The molecule has 0 saturated carbocycles. The normalized spacial score (nSPS) is 14.1. The Bertz CT molecular complexity index is 3370. The second kappa shape index (κ2) is 19.2. The van der Waals surface area contributed by atoms with E-state index in [1.807, 2.05) is 0 Å². The molecule has 0 atom stereocenters. The van der Waals surface area contributed by atoms with Crippen molar-refractivity contribution in [1.82, 2.24) is 9.80 Å². The van der Waals surface area contributed by atoms with Crippen molar-refractivity contribution in [2.24, 2.45) is 0 Å². The van der Waals surface area contributed by atoms with Crippen molar-refractivity contribution in [3.63, 3.8) is 0 Å². The van der Waals surface area contributed by atoms with Gasteiger partial charge in [-0.3, -0.25) is 24.1 Å². The van der Waals surface area contributed by atoms with Crippen molar-refractivity contribution < 1.29 is 125 Å². The summed E-state index contributed by atoms with van der Waals surface area (Å²) in [6.07, 6.45) is -46.0. The van der Waals surface area contributed by atoms with E-state index in [2.05, 4.69) is 0 Å². The SMILES string of the molecule is CN(Cc1cc(C(F)(F)F)cc(C(F)(F)F)c1)C(=O)c1c(-c2cc(C(F)(F)F)cc(C(F)(F)F)c2)cc2c3c(c(-c4cc(C(F)(F)F)cc(C(F)(F)F)c4)cc(C=O)c13)C(=O)N(Cc1cc(C(F)(F)F)cc(C(F)(F)F)c1)C2=O. The Balaban J connectivity index is 1.67. The molecule has 0 aromatic heterocycles. The first-order valence-electron chi connectivity index (χ1n) is 21.2. The highest BCUT2D eigenvalue weighted by molar-refractivity contribution is 6.32. The van der Waals surface area contributed by atoms with Gasteiger partial charge in [0.05, 0.1) is 62.2 Å². The van der Waals surface area contributed by atoms with Crippen molar-refractivity contribution in [2.75, 3.05) is 7.05 Å². The van der Waals surface area contributed by atoms with E-state index in [1.165, 1.54) is 0 Å². The molecule has 0 aliphatic carbocycles. The van der Waals surface area contributed by atoms with Gasteiger partial charge in [0.15, 0.2) is 6.29 Å². The molecule has 6 aromatic carbocycles. The summed E-state index contributed by atoms with van der Waals surface area (Å²) >= 11 is 0. The summed E-state index contributed by atoms with van der Waals surface area (Å²) < 4.78 is 340. The number of benzene rings is 6. The second-order valence-corrected chi connectivity index (χ2v) is 17.4. The third-order valence-corrected chi connectivity index (χ3v) is 11.9. The van der Waals surface area contributed by atoms with E-state index in [0.29, 0.717) is 7.05 Å². The monoisotopic (exact) mass is 1160 g/mol. The first-order valence-corrected chi connectivity index (χ1v) is 21.2. The topological polar surface area (TPSA) is 74.8 Å². The number of amides is 3. The minimum absolute atomic E-state index is 0.0430. The molecule has 0 N–H and O–H groups in total. The largest absolute Gasteiger partial charge is 0.416 e. The van der Waals surface area contributed by atoms with E-state index < -0.39 is 216 Å². The molecule has 6 nitrogen and oxygen atoms in total. The molecule has 0 fully saturated rings. The Morgan fingerprint density at radius 3 is 1.09 bits per heavy atom. The van der Waals surface area contributed by atoms with Crippen LogP contribution in [0.5, 0.6) is 0 Å². The van der Waals surface area contributed by atoms with Gasteiger partial charge in [-0.15, -0.1) is 0 Å². The molecule has 3 amide bonds. The average Bonchev–Trinajstić information content (AvgIpc) is 3.52. The predicted octanol–water partition coefficient (Wildman–Crippen LogP) is 16.2. The van der Waals surface area contributed by atoms with Gasteiger partial charge in [0.25, 0.3) is 17.7 Å². The molecule has 0 radical (unpaired) electrons. The van der Waals surface area contributed by atoms with Crippen LogP contribution in [0.15, 0.2) is 84.9 Å². The Morgan fingerprint density at radius 2 is 0.747 bits per heavy atom. The molecule has 1 heterocycles. The van der Waals surface area contributed by atoms with Crippen molar-refractivity contribution in [3.05, 3.63) is 163 Å². The number of alkyl halides is 24. The van der Waals surface area contributed by atoms with Crippen LogP contribution >= 0.6 is 0 Å². The highest BCUT2D eigenvalue weighted by atomic mass is 19.4.